The average molecular weight is 332 g/mol. The molecule has 0 spiro atoms. The van der Waals surface area contributed by atoms with Gasteiger partial charge in [0.25, 0.3) is 0 Å². The fourth-order valence-electron chi connectivity index (χ4n) is 2.86. The molecule has 1 amide bonds. The van der Waals surface area contributed by atoms with E-state index in [4.69, 9.17) is 5.73 Å². The number of hydrogen-bond donors (Lipinski definition) is 2. The molecule has 1 aliphatic carbocycles. The van der Waals surface area contributed by atoms with Crippen molar-refractivity contribution in [3.8, 4) is 0 Å². The molecule has 120 valence electrons. The molecule has 1 aromatic heterocycles. The summed E-state index contributed by atoms with van der Waals surface area (Å²) in [4.78, 5) is 16.3. The number of carbonyl (C=O) groups is 1. The summed E-state index contributed by atoms with van der Waals surface area (Å²) in [5, 5.41) is 6.05. The third-order valence-corrected chi connectivity index (χ3v) is 4.82. The number of hydrogen-bond acceptors (Lipinski definition) is 4. The lowest BCUT2D eigenvalue weighted by Crippen LogP contribution is -2.42. The number of aromatic nitrogens is 1. The van der Waals surface area contributed by atoms with Crippen LogP contribution in [0.25, 0.3) is 0 Å². The van der Waals surface area contributed by atoms with Crippen LogP contribution < -0.4 is 11.1 Å². The van der Waals surface area contributed by atoms with E-state index in [1.807, 2.05) is 12.3 Å². The summed E-state index contributed by atoms with van der Waals surface area (Å²) >= 11 is 1.64. The maximum atomic E-state index is 12.0. The van der Waals surface area contributed by atoms with Crippen LogP contribution in [0.3, 0.4) is 0 Å². The molecule has 0 radical (unpaired) electrons. The predicted octanol–water partition coefficient (Wildman–Crippen LogP) is 2.83. The highest BCUT2D eigenvalue weighted by Crippen LogP contribution is 2.26. The third-order valence-electron chi connectivity index (χ3n) is 4.00. The predicted molar refractivity (Wildman–Crippen MR) is 90.0 cm³/mol. The van der Waals surface area contributed by atoms with Crippen LogP contribution in [0.2, 0.25) is 0 Å². The van der Waals surface area contributed by atoms with Crippen LogP contribution in [0.15, 0.2) is 5.38 Å². The molecule has 1 saturated carbocycles. The number of nitrogens with zero attached hydrogens (tertiary/aromatic N) is 1. The second-order valence-electron chi connectivity index (χ2n) is 5.75. The van der Waals surface area contributed by atoms with E-state index in [1.165, 1.54) is 32.1 Å². The Morgan fingerprint density at radius 1 is 1.48 bits per heavy atom. The molecule has 1 aromatic rings. The van der Waals surface area contributed by atoms with Gasteiger partial charge in [-0.2, -0.15) is 0 Å². The SMILES string of the molecule is Cc1nc(CCNC(=O)C(N)CC2CCCCC2)cs1.Cl. The normalized spacial score (nSPS) is 17.0. The van der Waals surface area contributed by atoms with Gasteiger partial charge in [0.05, 0.1) is 16.7 Å². The number of thiazole rings is 1. The van der Waals surface area contributed by atoms with Crippen molar-refractivity contribution in [1.29, 1.82) is 0 Å². The zero-order valence-electron chi connectivity index (χ0n) is 12.6. The lowest BCUT2D eigenvalue weighted by atomic mass is 9.85. The van der Waals surface area contributed by atoms with E-state index in [9.17, 15) is 4.79 Å². The molecule has 4 nitrogen and oxygen atoms in total. The second kappa shape index (κ2) is 9.38. The molecule has 0 aliphatic heterocycles. The van der Waals surface area contributed by atoms with Gasteiger partial charge in [-0.25, -0.2) is 4.98 Å². The van der Waals surface area contributed by atoms with Gasteiger partial charge in [-0.3, -0.25) is 4.79 Å². The fourth-order valence-corrected chi connectivity index (χ4v) is 3.50. The van der Waals surface area contributed by atoms with Gasteiger partial charge in [0.15, 0.2) is 0 Å². The molecule has 1 aliphatic rings. The average Bonchev–Trinajstić information content (AvgIpc) is 2.85. The van der Waals surface area contributed by atoms with E-state index >= 15 is 0 Å². The van der Waals surface area contributed by atoms with Gasteiger partial charge in [-0.05, 0) is 19.3 Å². The Kier molecular flexibility index (Phi) is 8.22. The van der Waals surface area contributed by atoms with Crippen molar-refractivity contribution in [1.82, 2.24) is 10.3 Å². The molecule has 0 aromatic carbocycles. The van der Waals surface area contributed by atoms with Crippen LogP contribution >= 0.6 is 23.7 Å². The van der Waals surface area contributed by atoms with Crippen LogP contribution in [0.5, 0.6) is 0 Å². The van der Waals surface area contributed by atoms with E-state index in [-0.39, 0.29) is 24.4 Å². The van der Waals surface area contributed by atoms with Crippen molar-refractivity contribution < 1.29 is 4.79 Å². The fraction of sp³-hybridized carbons (Fsp3) is 0.733. The Balaban J connectivity index is 0.00000220. The second-order valence-corrected chi connectivity index (χ2v) is 6.81. The molecule has 2 rings (SSSR count). The molecular weight excluding hydrogens is 306 g/mol. The lowest BCUT2D eigenvalue weighted by Gasteiger charge is -2.24. The Morgan fingerprint density at radius 2 is 2.19 bits per heavy atom. The molecule has 21 heavy (non-hydrogen) atoms. The van der Waals surface area contributed by atoms with E-state index < -0.39 is 0 Å². The van der Waals surface area contributed by atoms with Gasteiger partial charge in [0, 0.05) is 18.3 Å². The summed E-state index contributed by atoms with van der Waals surface area (Å²) in [5.41, 5.74) is 7.06. The van der Waals surface area contributed by atoms with Crippen LogP contribution in [0, 0.1) is 12.8 Å². The zero-order valence-corrected chi connectivity index (χ0v) is 14.3. The van der Waals surface area contributed by atoms with Crippen molar-refractivity contribution in [2.75, 3.05) is 6.54 Å². The smallest absolute Gasteiger partial charge is 0.236 e. The van der Waals surface area contributed by atoms with Gasteiger partial charge in [-0.1, -0.05) is 32.1 Å². The van der Waals surface area contributed by atoms with Crippen molar-refractivity contribution >= 4 is 29.7 Å². The summed E-state index contributed by atoms with van der Waals surface area (Å²) in [6.07, 6.45) is 8.02. The minimum Gasteiger partial charge on any atom is -0.354 e. The molecule has 1 fully saturated rings. The first-order valence-electron chi connectivity index (χ1n) is 7.59. The van der Waals surface area contributed by atoms with E-state index in [0.29, 0.717) is 12.5 Å². The maximum Gasteiger partial charge on any atom is 0.236 e. The highest BCUT2D eigenvalue weighted by molar-refractivity contribution is 7.09. The highest BCUT2D eigenvalue weighted by atomic mass is 35.5. The van der Waals surface area contributed by atoms with Crippen LogP contribution in [-0.2, 0) is 11.2 Å². The van der Waals surface area contributed by atoms with Crippen molar-refractivity contribution in [3.05, 3.63) is 16.1 Å². The summed E-state index contributed by atoms with van der Waals surface area (Å²) in [5.74, 6) is 0.633. The Morgan fingerprint density at radius 3 is 2.81 bits per heavy atom. The van der Waals surface area contributed by atoms with Crippen molar-refractivity contribution in [3.63, 3.8) is 0 Å². The topological polar surface area (TPSA) is 68.0 Å². The number of nitrogens with one attached hydrogen (secondary N) is 1. The summed E-state index contributed by atoms with van der Waals surface area (Å²) in [7, 11) is 0. The van der Waals surface area contributed by atoms with E-state index in [1.54, 1.807) is 11.3 Å². The summed E-state index contributed by atoms with van der Waals surface area (Å²) in [6.45, 7) is 2.62. The number of aryl methyl sites for hydroxylation is 1. The molecule has 6 heteroatoms. The Labute approximate surface area is 137 Å². The molecule has 3 N–H and O–H groups in total. The monoisotopic (exact) mass is 331 g/mol. The first-order valence-corrected chi connectivity index (χ1v) is 8.47. The minimum absolute atomic E-state index is 0. The standard InChI is InChI=1S/C15H25N3OS.ClH/c1-11-18-13(10-20-11)7-8-17-15(19)14(16)9-12-5-3-2-4-6-12;/h10,12,14H,2-9,16H2,1H3,(H,17,19);1H. The number of amides is 1. The number of rotatable bonds is 6. The zero-order chi connectivity index (χ0) is 14.4. The van der Waals surface area contributed by atoms with Gasteiger partial charge in [-0.15, -0.1) is 23.7 Å². The van der Waals surface area contributed by atoms with E-state index in [0.717, 1.165) is 23.5 Å². The van der Waals surface area contributed by atoms with Crippen molar-refractivity contribution in [2.45, 2.75) is 57.9 Å². The van der Waals surface area contributed by atoms with Gasteiger partial charge >= 0.3 is 0 Å². The molecule has 1 unspecified atom stereocenters. The maximum absolute atomic E-state index is 12.0. The molecule has 1 heterocycles. The first kappa shape index (κ1) is 18.4. The van der Waals surface area contributed by atoms with Gasteiger partial charge < -0.3 is 11.1 Å². The highest BCUT2D eigenvalue weighted by Gasteiger charge is 2.20. The van der Waals surface area contributed by atoms with Crippen LogP contribution in [-0.4, -0.2) is 23.5 Å². The van der Waals surface area contributed by atoms with Gasteiger partial charge in [0.2, 0.25) is 5.91 Å². The van der Waals surface area contributed by atoms with Crippen LogP contribution in [0.1, 0.15) is 49.2 Å². The molecule has 1 atom stereocenters. The third kappa shape index (κ3) is 6.32. The number of carbonyl (C=O) groups excluding carboxylic acids is 1. The largest absolute Gasteiger partial charge is 0.354 e. The Hall–Kier alpha value is -0.650. The number of nitrogens with two attached hydrogens (primary N) is 1. The summed E-state index contributed by atoms with van der Waals surface area (Å²) < 4.78 is 0. The minimum atomic E-state index is -0.352. The van der Waals surface area contributed by atoms with E-state index in [2.05, 4.69) is 10.3 Å². The molecule has 0 saturated heterocycles. The first-order chi connectivity index (χ1) is 9.65. The van der Waals surface area contributed by atoms with Gasteiger partial charge in [0.1, 0.15) is 0 Å². The van der Waals surface area contributed by atoms with Crippen LogP contribution in [0.4, 0.5) is 0 Å². The summed E-state index contributed by atoms with van der Waals surface area (Å²) in [6, 6.07) is -0.352. The quantitative estimate of drug-likeness (QED) is 0.842. The molecule has 0 bridgehead atoms. The molecular formula is C15H26ClN3OS. The Bertz CT molecular complexity index is 432. The number of halogens is 1. The lowest BCUT2D eigenvalue weighted by molar-refractivity contribution is -0.122. The van der Waals surface area contributed by atoms with Crippen molar-refractivity contribution in [2.24, 2.45) is 11.7 Å².